The number of aromatic nitrogens is 2. The first-order valence-electron chi connectivity index (χ1n) is 10.9. The van der Waals surface area contributed by atoms with Crippen molar-refractivity contribution in [3.05, 3.63) is 41.7 Å². The maximum atomic E-state index is 13.1. The van der Waals surface area contributed by atoms with Gasteiger partial charge in [-0.2, -0.15) is 0 Å². The Morgan fingerprint density at radius 1 is 1.07 bits per heavy atom. The minimum Gasteiger partial charge on any atom is -0.372 e. The Morgan fingerprint density at radius 3 is 2.52 bits per heavy atom. The van der Waals surface area contributed by atoms with Crippen LogP contribution >= 0.6 is 0 Å². The molecule has 0 bridgehead atoms. The number of carbonyl (C=O) groups excluding carboxylic acids is 1. The zero-order valence-corrected chi connectivity index (χ0v) is 17.5. The zero-order chi connectivity index (χ0) is 20.2. The van der Waals surface area contributed by atoms with Crippen LogP contribution < -0.4 is 10.2 Å². The molecular weight excluding hydrogens is 362 g/mol. The van der Waals surface area contributed by atoms with E-state index in [0.717, 1.165) is 50.3 Å². The van der Waals surface area contributed by atoms with E-state index in [2.05, 4.69) is 51.4 Å². The molecule has 6 nitrogen and oxygen atoms in total. The molecule has 0 radical (unpaired) electrons. The van der Waals surface area contributed by atoms with Gasteiger partial charge in [0.15, 0.2) is 0 Å². The van der Waals surface area contributed by atoms with Crippen LogP contribution in [0, 0.1) is 6.92 Å². The molecule has 0 saturated carbocycles. The summed E-state index contributed by atoms with van der Waals surface area (Å²) in [6.45, 7) is 7.15. The van der Waals surface area contributed by atoms with E-state index in [1.165, 1.54) is 24.9 Å². The Kier molecular flexibility index (Phi) is 5.97. The van der Waals surface area contributed by atoms with E-state index in [1.54, 1.807) is 6.07 Å². The van der Waals surface area contributed by atoms with Gasteiger partial charge in [0.05, 0.1) is 0 Å². The molecule has 2 aliphatic heterocycles. The molecule has 0 spiro atoms. The second-order valence-electron chi connectivity index (χ2n) is 8.14. The maximum absolute atomic E-state index is 13.1. The molecule has 6 heteroatoms. The van der Waals surface area contributed by atoms with Gasteiger partial charge in [-0.3, -0.25) is 4.79 Å². The van der Waals surface area contributed by atoms with Crippen LogP contribution in [-0.2, 0) is 0 Å². The Bertz CT molecular complexity index is 845. The van der Waals surface area contributed by atoms with Gasteiger partial charge in [0, 0.05) is 42.7 Å². The number of likely N-dealkylation sites (tertiary alicyclic amines) is 1. The lowest BCUT2D eigenvalue weighted by Gasteiger charge is -2.35. The van der Waals surface area contributed by atoms with Crippen LogP contribution in [-0.4, -0.2) is 46.5 Å². The first-order valence-corrected chi connectivity index (χ1v) is 10.9. The van der Waals surface area contributed by atoms with Crippen LogP contribution in [0.1, 0.15) is 61.6 Å². The Morgan fingerprint density at radius 2 is 1.79 bits per heavy atom. The molecule has 2 aliphatic rings. The van der Waals surface area contributed by atoms with Crippen molar-refractivity contribution in [3.63, 3.8) is 0 Å². The third kappa shape index (κ3) is 4.52. The van der Waals surface area contributed by atoms with E-state index in [4.69, 9.17) is 0 Å². The van der Waals surface area contributed by atoms with Gasteiger partial charge in [-0.15, -0.1) is 0 Å². The van der Waals surface area contributed by atoms with Gasteiger partial charge in [-0.1, -0.05) is 6.92 Å². The molecule has 1 aromatic heterocycles. The number of nitrogens with one attached hydrogen (secondary N) is 1. The smallest absolute Gasteiger partial charge is 0.272 e. The summed E-state index contributed by atoms with van der Waals surface area (Å²) in [6.07, 6.45) is 6.88. The molecule has 1 amide bonds. The lowest BCUT2D eigenvalue weighted by Crippen LogP contribution is -2.43. The van der Waals surface area contributed by atoms with E-state index < -0.39 is 0 Å². The standard InChI is InChI=1S/C23H31N5O/c1-3-19-8-4-5-15-28(19)22(29)21-16-17(2)24-23(26-21)25-18-9-11-20(12-10-18)27-13-6-7-14-27/h9-12,16,19H,3-8,13-15H2,1-2H3,(H,24,25,26). The first kappa shape index (κ1) is 19.7. The molecule has 0 aliphatic carbocycles. The first-order chi connectivity index (χ1) is 14.1. The molecule has 3 heterocycles. The van der Waals surface area contributed by atoms with Crippen LogP contribution in [0.25, 0.3) is 0 Å². The molecule has 154 valence electrons. The highest BCUT2D eigenvalue weighted by Crippen LogP contribution is 2.24. The molecule has 1 unspecified atom stereocenters. The summed E-state index contributed by atoms with van der Waals surface area (Å²) < 4.78 is 0. The fourth-order valence-corrected chi connectivity index (χ4v) is 4.43. The molecule has 4 rings (SSSR count). The van der Waals surface area contributed by atoms with Crippen molar-refractivity contribution in [2.45, 2.75) is 58.4 Å². The number of piperidine rings is 1. The average Bonchev–Trinajstić information content (AvgIpc) is 3.28. The molecule has 1 N–H and O–H groups in total. The summed E-state index contributed by atoms with van der Waals surface area (Å²) in [5.41, 5.74) is 3.46. The van der Waals surface area contributed by atoms with Crippen molar-refractivity contribution in [1.29, 1.82) is 0 Å². The van der Waals surface area contributed by atoms with Gasteiger partial charge in [0.25, 0.3) is 5.91 Å². The molecule has 2 fully saturated rings. The predicted molar refractivity (Wildman–Crippen MR) is 117 cm³/mol. The van der Waals surface area contributed by atoms with E-state index in [-0.39, 0.29) is 5.91 Å². The van der Waals surface area contributed by atoms with E-state index in [0.29, 0.717) is 17.7 Å². The number of hydrogen-bond acceptors (Lipinski definition) is 5. The van der Waals surface area contributed by atoms with Crippen LogP contribution in [0.15, 0.2) is 30.3 Å². The maximum Gasteiger partial charge on any atom is 0.272 e. The Labute approximate surface area is 173 Å². The predicted octanol–water partition coefficient (Wildman–Crippen LogP) is 4.53. The highest BCUT2D eigenvalue weighted by Gasteiger charge is 2.27. The summed E-state index contributed by atoms with van der Waals surface area (Å²) in [5.74, 6) is 0.502. The summed E-state index contributed by atoms with van der Waals surface area (Å²) in [7, 11) is 0. The fraction of sp³-hybridized carbons (Fsp3) is 0.522. The van der Waals surface area contributed by atoms with Crippen LogP contribution in [0.5, 0.6) is 0 Å². The van der Waals surface area contributed by atoms with Gasteiger partial charge in [-0.05, 0) is 75.8 Å². The van der Waals surface area contributed by atoms with Gasteiger partial charge >= 0.3 is 0 Å². The minimum atomic E-state index is 0.0227. The zero-order valence-electron chi connectivity index (χ0n) is 17.5. The number of aryl methyl sites for hydroxylation is 1. The van der Waals surface area contributed by atoms with Gasteiger partial charge in [0.2, 0.25) is 5.95 Å². The van der Waals surface area contributed by atoms with Crippen LogP contribution in [0.2, 0.25) is 0 Å². The molecule has 29 heavy (non-hydrogen) atoms. The van der Waals surface area contributed by atoms with E-state index in [1.807, 2.05) is 11.8 Å². The molecule has 2 aromatic rings. The third-order valence-corrected chi connectivity index (χ3v) is 6.03. The fourth-order valence-electron chi connectivity index (χ4n) is 4.43. The third-order valence-electron chi connectivity index (χ3n) is 6.03. The highest BCUT2D eigenvalue weighted by atomic mass is 16.2. The van der Waals surface area contributed by atoms with E-state index in [9.17, 15) is 4.79 Å². The number of carbonyl (C=O) groups is 1. The summed E-state index contributed by atoms with van der Waals surface area (Å²) >= 11 is 0. The van der Waals surface area contributed by atoms with Gasteiger partial charge in [0.1, 0.15) is 5.69 Å². The van der Waals surface area contributed by atoms with E-state index >= 15 is 0 Å². The molecular formula is C23H31N5O. The highest BCUT2D eigenvalue weighted by molar-refractivity contribution is 5.93. The van der Waals surface area contributed by atoms with Crippen molar-refractivity contribution in [3.8, 4) is 0 Å². The summed E-state index contributed by atoms with van der Waals surface area (Å²) in [6, 6.07) is 10.5. The molecule has 1 aromatic carbocycles. The SMILES string of the molecule is CCC1CCCCN1C(=O)c1cc(C)nc(Nc2ccc(N3CCCC3)cc2)n1. The Hall–Kier alpha value is -2.63. The topological polar surface area (TPSA) is 61.4 Å². The van der Waals surface area contributed by atoms with Crippen molar-refractivity contribution < 1.29 is 4.79 Å². The van der Waals surface area contributed by atoms with Gasteiger partial charge < -0.3 is 15.1 Å². The van der Waals surface area contributed by atoms with Crippen LogP contribution in [0.3, 0.4) is 0 Å². The monoisotopic (exact) mass is 393 g/mol. The molecule has 2 saturated heterocycles. The van der Waals surface area contributed by atoms with Crippen LogP contribution in [0.4, 0.5) is 17.3 Å². The van der Waals surface area contributed by atoms with Crippen molar-refractivity contribution >= 4 is 23.2 Å². The second kappa shape index (κ2) is 8.80. The number of amides is 1. The summed E-state index contributed by atoms with van der Waals surface area (Å²) in [4.78, 5) is 26.6. The number of rotatable bonds is 5. The van der Waals surface area contributed by atoms with Crippen molar-refractivity contribution in [1.82, 2.24) is 14.9 Å². The van der Waals surface area contributed by atoms with Crippen molar-refractivity contribution in [2.24, 2.45) is 0 Å². The summed E-state index contributed by atoms with van der Waals surface area (Å²) in [5, 5.41) is 3.27. The number of anilines is 3. The average molecular weight is 394 g/mol. The normalized spacial score (nSPS) is 19.4. The molecule has 1 atom stereocenters. The number of hydrogen-bond donors (Lipinski definition) is 1. The Balaban J connectivity index is 1.50. The quantitative estimate of drug-likeness (QED) is 0.808. The second-order valence-corrected chi connectivity index (χ2v) is 8.14. The number of benzene rings is 1. The van der Waals surface area contributed by atoms with Gasteiger partial charge in [-0.25, -0.2) is 9.97 Å². The lowest BCUT2D eigenvalue weighted by atomic mass is 9.99. The van der Waals surface area contributed by atoms with Crippen molar-refractivity contribution in [2.75, 3.05) is 29.9 Å². The minimum absolute atomic E-state index is 0.0227. The largest absolute Gasteiger partial charge is 0.372 e. The lowest BCUT2D eigenvalue weighted by molar-refractivity contribution is 0.0602. The number of nitrogens with zero attached hydrogens (tertiary/aromatic N) is 4.